The second kappa shape index (κ2) is 8.76. The number of aromatic nitrogens is 2. The third-order valence-corrected chi connectivity index (χ3v) is 3.96. The zero-order chi connectivity index (χ0) is 18.4. The lowest BCUT2D eigenvalue weighted by atomic mass is 10.1. The Balaban J connectivity index is 2.08. The van der Waals surface area contributed by atoms with Gasteiger partial charge in [0, 0.05) is 19.9 Å². The van der Waals surface area contributed by atoms with E-state index in [1.165, 1.54) is 12.5 Å². The number of hydrogen-bond donors (Lipinski definition) is 0. The van der Waals surface area contributed by atoms with Crippen LogP contribution in [0.5, 0.6) is 5.75 Å². The fraction of sp³-hybridized carbons (Fsp3) is 0.526. The average molecular weight is 345 g/mol. The number of ether oxygens (including phenoxy) is 1. The summed E-state index contributed by atoms with van der Waals surface area (Å²) in [7, 11) is 0. The SMILES string of the molecule is CCCc1nc(CN(CC)Cc2cc(C)c(OC(C)=O)c(C)c2)no1. The summed E-state index contributed by atoms with van der Waals surface area (Å²) in [6, 6.07) is 4.12. The Hall–Kier alpha value is -2.21. The van der Waals surface area contributed by atoms with E-state index in [0.29, 0.717) is 18.2 Å². The van der Waals surface area contributed by atoms with Crippen molar-refractivity contribution >= 4 is 5.97 Å². The standard InChI is InChI=1S/C19H27N3O3/c1-6-8-18-20-17(21-25-18)12-22(7-2)11-16-9-13(3)19(14(4)10-16)24-15(5)23/h9-10H,6-8,11-12H2,1-5H3. The predicted octanol–water partition coefficient (Wildman–Crippen LogP) is 3.59. The monoisotopic (exact) mass is 345 g/mol. The van der Waals surface area contributed by atoms with Crippen LogP contribution in [0.2, 0.25) is 0 Å². The van der Waals surface area contributed by atoms with Crippen molar-refractivity contribution in [2.45, 2.75) is 60.5 Å². The van der Waals surface area contributed by atoms with Crippen molar-refractivity contribution in [3.8, 4) is 5.75 Å². The number of carbonyl (C=O) groups is 1. The maximum atomic E-state index is 11.2. The minimum Gasteiger partial charge on any atom is -0.426 e. The molecule has 0 atom stereocenters. The Labute approximate surface area is 149 Å². The third-order valence-electron chi connectivity index (χ3n) is 3.96. The normalized spacial score (nSPS) is 11.1. The Kier molecular flexibility index (Phi) is 6.70. The summed E-state index contributed by atoms with van der Waals surface area (Å²) in [6.07, 6.45) is 1.81. The van der Waals surface area contributed by atoms with Gasteiger partial charge in [0.1, 0.15) is 5.75 Å². The molecular formula is C19H27N3O3. The summed E-state index contributed by atoms with van der Waals surface area (Å²) in [4.78, 5) is 17.9. The van der Waals surface area contributed by atoms with Gasteiger partial charge < -0.3 is 9.26 Å². The van der Waals surface area contributed by atoms with Crippen molar-refractivity contribution < 1.29 is 14.1 Å². The molecule has 6 nitrogen and oxygen atoms in total. The molecule has 0 saturated heterocycles. The van der Waals surface area contributed by atoms with Gasteiger partial charge in [-0.05, 0) is 43.5 Å². The highest BCUT2D eigenvalue weighted by atomic mass is 16.5. The van der Waals surface area contributed by atoms with Crippen LogP contribution in [0.25, 0.3) is 0 Å². The molecule has 136 valence electrons. The highest BCUT2D eigenvalue weighted by Crippen LogP contribution is 2.26. The Morgan fingerprint density at radius 1 is 1.20 bits per heavy atom. The van der Waals surface area contributed by atoms with Crippen molar-refractivity contribution in [1.29, 1.82) is 0 Å². The van der Waals surface area contributed by atoms with Gasteiger partial charge in [-0.2, -0.15) is 4.98 Å². The van der Waals surface area contributed by atoms with Crippen molar-refractivity contribution in [2.75, 3.05) is 6.54 Å². The molecule has 1 heterocycles. The molecular weight excluding hydrogens is 318 g/mol. The molecule has 25 heavy (non-hydrogen) atoms. The lowest BCUT2D eigenvalue weighted by molar-refractivity contribution is -0.131. The van der Waals surface area contributed by atoms with Crippen LogP contribution in [0, 0.1) is 13.8 Å². The lowest BCUT2D eigenvalue weighted by Crippen LogP contribution is -2.23. The second-order valence-corrected chi connectivity index (χ2v) is 6.31. The molecule has 1 aromatic carbocycles. The number of hydrogen-bond acceptors (Lipinski definition) is 6. The molecule has 0 aliphatic carbocycles. The molecule has 0 saturated carbocycles. The number of esters is 1. The summed E-state index contributed by atoms with van der Waals surface area (Å²) < 4.78 is 10.6. The molecule has 0 bridgehead atoms. The van der Waals surface area contributed by atoms with E-state index in [0.717, 1.165) is 42.9 Å². The number of rotatable bonds is 8. The molecule has 6 heteroatoms. The first kappa shape index (κ1) is 19.1. The predicted molar refractivity (Wildman–Crippen MR) is 95.3 cm³/mol. The third kappa shape index (κ3) is 5.39. The van der Waals surface area contributed by atoms with Gasteiger partial charge in [-0.25, -0.2) is 0 Å². The van der Waals surface area contributed by atoms with Crippen molar-refractivity contribution in [3.63, 3.8) is 0 Å². The first-order valence-corrected chi connectivity index (χ1v) is 8.75. The van der Waals surface area contributed by atoms with E-state index in [2.05, 4.69) is 41.0 Å². The molecule has 0 spiro atoms. The van der Waals surface area contributed by atoms with Crippen molar-refractivity contribution in [2.24, 2.45) is 0 Å². The Morgan fingerprint density at radius 3 is 2.44 bits per heavy atom. The van der Waals surface area contributed by atoms with Crippen LogP contribution in [0.1, 0.15) is 55.6 Å². The Bertz CT molecular complexity index is 701. The molecule has 0 radical (unpaired) electrons. The highest BCUT2D eigenvalue weighted by molar-refractivity contribution is 5.70. The van der Waals surface area contributed by atoms with Crippen molar-refractivity contribution in [1.82, 2.24) is 15.0 Å². The van der Waals surface area contributed by atoms with Crippen LogP contribution in [-0.4, -0.2) is 27.6 Å². The van der Waals surface area contributed by atoms with E-state index >= 15 is 0 Å². The first-order chi connectivity index (χ1) is 11.9. The summed E-state index contributed by atoms with van der Waals surface area (Å²) in [5.74, 6) is 1.78. The van der Waals surface area contributed by atoms with Crippen LogP contribution in [-0.2, 0) is 24.3 Å². The van der Waals surface area contributed by atoms with Crippen LogP contribution in [0.4, 0.5) is 0 Å². The average Bonchev–Trinajstić information content (AvgIpc) is 2.97. The smallest absolute Gasteiger partial charge is 0.308 e. The zero-order valence-electron chi connectivity index (χ0n) is 15.8. The van der Waals surface area contributed by atoms with E-state index in [1.807, 2.05) is 13.8 Å². The minimum atomic E-state index is -0.297. The number of benzene rings is 1. The maximum absolute atomic E-state index is 11.2. The van der Waals surface area contributed by atoms with Crippen LogP contribution in [0.3, 0.4) is 0 Å². The molecule has 1 aromatic heterocycles. The minimum absolute atomic E-state index is 0.297. The van der Waals surface area contributed by atoms with Crippen LogP contribution < -0.4 is 4.74 Å². The fourth-order valence-corrected chi connectivity index (χ4v) is 2.84. The molecule has 0 aliphatic heterocycles. The van der Waals surface area contributed by atoms with Gasteiger partial charge in [-0.3, -0.25) is 9.69 Å². The second-order valence-electron chi connectivity index (χ2n) is 6.31. The van der Waals surface area contributed by atoms with Gasteiger partial charge in [-0.1, -0.05) is 31.1 Å². The maximum Gasteiger partial charge on any atom is 0.308 e. The first-order valence-electron chi connectivity index (χ1n) is 8.75. The molecule has 0 aliphatic rings. The topological polar surface area (TPSA) is 68.5 Å². The quantitative estimate of drug-likeness (QED) is 0.538. The van der Waals surface area contributed by atoms with E-state index in [4.69, 9.17) is 9.26 Å². The molecule has 2 aromatic rings. The summed E-state index contributed by atoms with van der Waals surface area (Å²) in [5, 5.41) is 4.06. The van der Waals surface area contributed by atoms with Gasteiger partial charge in [0.05, 0.1) is 6.54 Å². The van der Waals surface area contributed by atoms with Gasteiger partial charge in [0.2, 0.25) is 5.89 Å². The van der Waals surface area contributed by atoms with E-state index in [1.54, 1.807) is 0 Å². The van der Waals surface area contributed by atoms with Crippen LogP contribution in [0.15, 0.2) is 16.7 Å². The summed E-state index contributed by atoms with van der Waals surface area (Å²) in [6.45, 7) is 11.8. The van der Waals surface area contributed by atoms with Gasteiger partial charge in [0.15, 0.2) is 5.82 Å². The van der Waals surface area contributed by atoms with Gasteiger partial charge in [-0.15, -0.1) is 0 Å². The highest BCUT2D eigenvalue weighted by Gasteiger charge is 2.13. The molecule has 0 N–H and O–H groups in total. The van der Waals surface area contributed by atoms with E-state index < -0.39 is 0 Å². The Morgan fingerprint density at radius 2 is 1.88 bits per heavy atom. The van der Waals surface area contributed by atoms with Crippen LogP contribution >= 0.6 is 0 Å². The summed E-state index contributed by atoms with van der Waals surface area (Å²) in [5.41, 5.74) is 3.10. The zero-order valence-corrected chi connectivity index (χ0v) is 15.8. The van der Waals surface area contributed by atoms with E-state index in [-0.39, 0.29) is 5.97 Å². The summed E-state index contributed by atoms with van der Waals surface area (Å²) >= 11 is 0. The lowest BCUT2D eigenvalue weighted by Gasteiger charge is -2.20. The fourth-order valence-electron chi connectivity index (χ4n) is 2.84. The van der Waals surface area contributed by atoms with Gasteiger partial charge >= 0.3 is 5.97 Å². The largest absolute Gasteiger partial charge is 0.426 e. The van der Waals surface area contributed by atoms with Gasteiger partial charge in [0.25, 0.3) is 0 Å². The number of aryl methyl sites for hydroxylation is 3. The number of nitrogens with zero attached hydrogens (tertiary/aromatic N) is 3. The molecule has 0 fully saturated rings. The number of carbonyl (C=O) groups excluding carboxylic acids is 1. The molecule has 0 unspecified atom stereocenters. The molecule has 2 rings (SSSR count). The van der Waals surface area contributed by atoms with Crippen molar-refractivity contribution in [3.05, 3.63) is 40.5 Å². The van der Waals surface area contributed by atoms with E-state index in [9.17, 15) is 4.79 Å². The molecule has 0 amide bonds.